The van der Waals surface area contributed by atoms with Gasteiger partial charge in [0, 0.05) is 37.8 Å². The van der Waals surface area contributed by atoms with Crippen LogP contribution >= 0.6 is 0 Å². The summed E-state index contributed by atoms with van der Waals surface area (Å²) in [6, 6.07) is 5.38. The minimum Gasteiger partial charge on any atom is -0.436 e. The Bertz CT molecular complexity index is 1150. The number of hydrogen-bond donors (Lipinski definition) is 1. The SMILES string of the molecule is CC1=CC(Nc2nc(Oc3ccc4c(c3F)C=C(C)C4)cc(N3CCN(C)CC3)n2)=NC1. The fourth-order valence-electron chi connectivity index (χ4n) is 4.16. The van der Waals surface area contributed by atoms with Crippen molar-refractivity contribution >= 4 is 23.7 Å². The van der Waals surface area contributed by atoms with Crippen LogP contribution in [0.5, 0.6) is 11.6 Å². The number of aliphatic imine (C=N–C) groups is 1. The third-order valence-electron chi connectivity index (χ3n) is 5.95. The van der Waals surface area contributed by atoms with Gasteiger partial charge in [-0.15, -0.1) is 0 Å². The summed E-state index contributed by atoms with van der Waals surface area (Å²) in [5, 5.41) is 3.18. The minimum atomic E-state index is -0.354. The Kier molecular flexibility index (Phi) is 5.38. The lowest BCUT2D eigenvalue weighted by molar-refractivity contribution is 0.312. The molecule has 0 unspecified atom stereocenters. The average molecular weight is 435 g/mol. The van der Waals surface area contributed by atoms with Gasteiger partial charge < -0.3 is 19.9 Å². The predicted octanol–water partition coefficient (Wildman–Crippen LogP) is 3.89. The van der Waals surface area contributed by atoms with Crippen LogP contribution in [0.25, 0.3) is 6.08 Å². The number of nitrogens with one attached hydrogen (secondary N) is 1. The van der Waals surface area contributed by atoms with Gasteiger partial charge in [-0.1, -0.05) is 17.7 Å². The molecule has 1 N–H and O–H groups in total. The molecule has 2 aromatic rings. The van der Waals surface area contributed by atoms with Gasteiger partial charge in [0.1, 0.15) is 11.7 Å². The number of fused-ring (bicyclic) bond motifs is 1. The van der Waals surface area contributed by atoms with E-state index < -0.39 is 0 Å². The van der Waals surface area contributed by atoms with Crippen LogP contribution in [0.15, 0.2) is 40.4 Å². The highest BCUT2D eigenvalue weighted by molar-refractivity contribution is 6.04. The number of allylic oxidation sites excluding steroid dienone is 1. The molecule has 2 aliphatic heterocycles. The van der Waals surface area contributed by atoms with Crippen molar-refractivity contribution in [1.29, 1.82) is 0 Å². The maximum atomic E-state index is 15.1. The highest BCUT2D eigenvalue weighted by atomic mass is 19.1. The molecule has 5 rings (SSSR count). The number of aromatic nitrogens is 2. The van der Waals surface area contributed by atoms with E-state index in [2.05, 4.69) is 32.1 Å². The summed E-state index contributed by atoms with van der Waals surface area (Å²) in [5.74, 6) is 1.96. The zero-order chi connectivity index (χ0) is 22.2. The molecule has 0 atom stereocenters. The number of amidine groups is 1. The van der Waals surface area contributed by atoms with E-state index in [0.717, 1.165) is 49.6 Å². The number of benzene rings is 1. The van der Waals surface area contributed by atoms with Gasteiger partial charge in [-0.2, -0.15) is 9.97 Å². The van der Waals surface area contributed by atoms with Crippen LogP contribution in [0.4, 0.5) is 16.2 Å². The molecule has 1 fully saturated rings. The van der Waals surface area contributed by atoms with Gasteiger partial charge in [0.2, 0.25) is 11.8 Å². The molecule has 166 valence electrons. The molecule has 3 aliphatic rings. The molecule has 0 bridgehead atoms. The molecule has 8 heteroatoms. The second kappa shape index (κ2) is 8.35. The lowest BCUT2D eigenvalue weighted by atomic mass is 10.1. The molecule has 3 heterocycles. The number of rotatable bonds is 4. The first-order valence-electron chi connectivity index (χ1n) is 10.9. The summed E-state index contributed by atoms with van der Waals surface area (Å²) in [4.78, 5) is 18.1. The van der Waals surface area contributed by atoms with Crippen molar-refractivity contribution in [3.05, 3.63) is 52.4 Å². The largest absolute Gasteiger partial charge is 0.436 e. The van der Waals surface area contributed by atoms with E-state index in [1.54, 1.807) is 12.1 Å². The van der Waals surface area contributed by atoms with E-state index in [0.29, 0.717) is 29.8 Å². The van der Waals surface area contributed by atoms with Gasteiger partial charge in [0.05, 0.1) is 6.54 Å². The number of piperazine rings is 1. The molecule has 1 aromatic carbocycles. The molecular weight excluding hydrogens is 407 g/mol. The van der Waals surface area contributed by atoms with Gasteiger partial charge in [-0.3, -0.25) is 4.99 Å². The predicted molar refractivity (Wildman–Crippen MR) is 125 cm³/mol. The number of hydrogen-bond acceptors (Lipinski definition) is 7. The molecule has 7 nitrogen and oxygen atoms in total. The fourth-order valence-corrected chi connectivity index (χ4v) is 4.16. The summed E-state index contributed by atoms with van der Waals surface area (Å²) in [5.41, 5.74) is 3.90. The van der Waals surface area contributed by atoms with Crippen molar-refractivity contribution in [2.24, 2.45) is 4.99 Å². The van der Waals surface area contributed by atoms with Crippen LogP contribution in [0.2, 0.25) is 0 Å². The third kappa shape index (κ3) is 4.23. The fraction of sp³-hybridized carbons (Fsp3) is 0.375. The Morgan fingerprint density at radius 3 is 2.59 bits per heavy atom. The normalized spacial score (nSPS) is 18.2. The number of likely N-dealkylation sites (N-methyl/N-ethyl adjacent to an activating group) is 1. The van der Waals surface area contributed by atoms with Crippen molar-refractivity contribution < 1.29 is 9.13 Å². The topological polar surface area (TPSA) is 65.9 Å². The van der Waals surface area contributed by atoms with Gasteiger partial charge in [-0.05, 0) is 50.6 Å². The average Bonchev–Trinajstić information content (AvgIpc) is 3.35. The highest BCUT2D eigenvalue weighted by Gasteiger charge is 2.21. The number of nitrogens with zero attached hydrogens (tertiary/aromatic N) is 5. The Balaban J connectivity index is 1.46. The maximum absolute atomic E-state index is 15.1. The van der Waals surface area contributed by atoms with Gasteiger partial charge >= 0.3 is 0 Å². The molecule has 1 aromatic heterocycles. The molecule has 0 spiro atoms. The zero-order valence-electron chi connectivity index (χ0n) is 18.7. The molecular formula is C24H27FN6O. The van der Waals surface area contributed by atoms with Crippen LogP contribution in [0, 0.1) is 5.82 Å². The lowest BCUT2D eigenvalue weighted by Crippen LogP contribution is -2.44. The number of halogens is 1. The van der Waals surface area contributed by atoms with Crippen LogP contribution in [-0.2, 0) is 6.42 Å². The summed E-state index contributed by atoms with van der Waals surface area (Å²) < 4.78 is 21.1. The molecule has 0 radical (unpaired) electrons. The smallest absolute Gasteiger partial charge is 0.233 e. The summed E-state index contributed by atoms with van der Waals surface area (Å²) in [7, 11) is 2.11. The molecule has 0 saturated carbocycles. The van der Waals surface area contributed by atoms with E-state index in [4.69, 9.17) is 9.72 Å². The quantitative estimate of drug-likeness (QED) is 0.788. The van der Waals surface area contributed by atoms with Crippen molar-refractivity contribution in [2.75, 3.05) is 50.0 Å². The third-order valence-corrected chi connectivity index (χ3v) is 5.95. The minimum absolute atomic E-state index is 0.164. The summed E-state index contributed by atoms with van der Waals surface area (Å²) in [6.45, 7) is 8.30. The van der Waals surface area contributed by atoms with Crippen LogP contribution < -0.4 is 15.0 Å². The van der Waals surface area contributed by atoms with E-state index in [1.807, 2.05) is 32.1 Å². The first-order valence-corrected chi connectivity index (χ1v) is 10.9. The summed E-state index contributed by atoms with van der Waals surface area (Å²) in [6.07, 6.45) is 4.63. The van der Waals surface area contributed by atoms with Crippen molar-refractivity contribution in [3.63, 3.8) is 0 Å². The van der Waals surface area contributed by atoms with E-state index in [1.165, 1.54) is 5.57 Å². The van der Waals surface area contributed by atoms with Crippen LogP contribution in [-0.4, -0.2) is 60.5 Å². The maximum Gasteiger partial charge on any atom is 0.233 e. The van der Waals surface area contributed by atoms with Crippen LogP contribution in [0.3, 0.4) is 0 Å². The lowest BCUT2D eigenvalue weighted by Gasteiger charge is -2.33. The molecule has 0 amide bonds. The Morgan fingerprint density at radius 1 is 1.03 bits per heavy atom. The number of ether oxygens (including phenoxy) is 1. The zero-order valence-corrected chi connectivity index (χ0v) is 18.7. The van der Waals surface area contributed by atoms with Gasteiger partial charge in [0.15, 0.2) is 11.6 Å². The standard InChI is InChI=1S/C24H27FN6O/c1-15-10-17-4-5-19(23(25)18(17)11-15)32-22-13-21(31-8-6-30(3)7-9-31)28-24(29-22)27-20-12-16(2)14-26-20/h4-5,11-13H,6-10,14H2,1-3H3,(H,26,27,28,29). The monoisotopic (exact) mass is 434 g/mol. The molecule has 1 aliphatic carbocycles. The Hall–Kier alpha value is -3.26. The first kappa shape index (κ1) is 20.6. The van der Waals surface area contributed by atoms with Crippen molar-refractivity contribution in [1.82, 2.24) is 14.9 Å². The van der Waals surface area contributed by atoms with E-state index >= 15 is 4.39 Å². The van der Waals surface area contributed by atoms with E-state index in [9.17, 15) is 0 Å². The van der Waals surface area contributed by atoms with Crippen molar-refractivity contribution in [3.8, 4) is 11.6 Å². The highest BCUT2D eigenvalue weighted by Crippen LogP contribution is 2.34. The first-order chi connectivity index (χ1) is 15.4. The van der Waals surface area contributed by atoms with Crippen molar-refractivity contribution in [2.45, 2.75) is 20.3 Å². The van der Waals surface area contributed by atoms with Gasteiger partial charge in [0.25, 0.3) is 0 Å². The Labute approximate surface area is 187 Å². The molecule has 1 saturated heterocycles. The van der Waals surface area contributed by atoms with Gasteiger partial charge in [-0.25, -0.2) is 4.39 Å². The second-order valence-corrected chi connectivity index (χ2v) is 8.72. The second-order valence-electron chi connectivity index (χ2n) is 8.72. The molecule has 32 heavy (non-hydrogen) atoms. The van der Waals surface area contributed by atoms with E-state index in [-0.39, 0.29) is 11.6 Å². The summed E-state index contributed by atoms with van der Waals surface area (Å²) >= 11 is 0. The Morgan fingerprint density at radius 2 is 1.84 bits per heavy atom. The van der Waals surface area contributed by atoms with Crippen LogP contribution in [0.1, 0.15) is 25.0 Å². The number of anilines is 2.